The van der Waals surface area contributed by atoms with Crippen LogP contribution in [0.15, 0.2) is 29.2 Å². The number of rotatable bonds is 4. The van der Waals surface area contributed by atoms with E-state index in [1.54, 1.807) is 18.8 Å². The van der Waals surface area contributed by atoms with Gasteiger partial charge in [0, 0.05) is 11.9 Å². The van der Waals surface area contributed by atoms with Gasteiger partial charge in [-0.1, -0.05) is 12.1 Å². The van der Waals surface area contributed by atoms with Crippen LogP contribution in [0.25, 0.3) is 0 Å². The lowest BCUT2D eigenvalue weighted by atomic mass is 10.0. The second-order valence-electron chi connectivity index (χ2n) is 3.23. The number of thioether (sulfide) groups is 1. The Hall–Kier alpha value is -1.00. The zero-order valence-electron chi connectivity index (χ0n) is 9.20. The van der Waals surface area contributed by atoms with Gasteiger partial charge in [0.1, 0.15) is 0 Å². The molecule has 0 aliphatic rings. The molecule has 3 nitrogen and oxygen atoms in total. The Bertz CT molecular complexity index is 324. The lowest BCUT2D eigenvalue weighted by molar-refractivity contribution is -0.123. The van der Waals surface area contributed by atoms with Crippen LogP contribution in [0, 0.1) is 0 Å². The summed E-state index contributed by atoms with van der Waals surface area (Å²) in [6.07, 6.45) is 2.03. The number of carbonyl (C=O) groups is 1. The number of hydrogen-bond acceptors (Lipinski definition) is 3. The maximum atomic E-state index is 11.5. The third-order valence-electron chi connectivity index (χ3n) is 2.26. The molecule has 0 saturated heterocycles. The van der Waals surface area contributed by atoms with Gasteiger partial charge < -0.3 is 0 Å². The molecule has 0 bridgehead atoms. The van der Waals surface area contributed by atoms with Gasteiger partial charge in [-0.2, -0.15) is 0 Å². The Morgan fingerprint density at radius 3 is 2.40 bits per heavy atom. The SMILES string of the molecule is CNNC(=O)C(C)c1ccc(SC)cc1. The highest BCUT2D eigenvalue weighted by atomic mass is 32.2. The second kappa shape index (κ2) is 5.78. The van der Waals surface area contributed by atoms with Gasteiger partial charge in [0.15, 0.2) is 0 Å². The fourth-order valence-corrected chi connectivity index (χ4v) is 1.68. The molecule has 0 aliphatic heterocycles. The number of amides is 1. The number of benzene rings is 1. The van der Waals surface area contributed by atoms with E-state index in [1.165, 1.54) is 4.90 Å². The highest BCUT2D eigenvalue weighted by Gasteiger charge is 2.13. The molecule has 1 amide bonds. The van der Waals surface area contributed by atoms with Crippen LogP contribution in [-0.4, -0.2) is 19.2 Å². The van der Waals surface area contributed by atoms with Gasteiger partial charge in [0.25, 0.3) is 0 Å². The zero-order chi connectivity index (χ0) is 11.3. The fourth-order valence-electron chi connectivity index (χ4n) is 1.28. The number of hydrogen-bond donors (Lipinski definition) is 2. The van der Waals surface area contributed by atoms with Crippen LogP contribution < -0.4 is 10.9 Å². The first-order valence-electron chi connectivity index (χ1n) is 4.79. The van der Waals surface area contributed by atoms with E-state index < -0.39 is 0 Å². The third kappa shape index (κ3) is 3.25. The molecule has 1 atom stereocenters. The molecule has 15 heavy (non-hydrogen) atoms. The fraction of sp³-hybridized carbons (Fsp3) is 0.364. The molecule has 1 rings (SSSR count). The van der Waals surface area contributed by atoms with Gasteiger partial charge in [0.2, 0.25) is 5.91 Å². The maximum absolute atomic E-state index is 11.5. The zero-order valence-corrected chi connectivity index (χ0v) is 10.0. The smallest absolute Gasteiger partial charge is 0.241 e. The quantitative estimate of drug-likeness (QED) is 0.605. The summed E-state index contributed by atoms with van der Waals surface area (Å²) >= 11 is 1.69. The summed E-state index contributed by atoms with van der Waals surface area (Å²) in [5.41, 5.74) is 6.24. The van der Waals surface area contributed by atoms with Crippen LogP contribution in [0.1, 0.15) is 18.4 Å². The summed E-state index contributed by atoms with van der Waals surface area (Å²) in [5.74, 6) is -0.150. The summed E-state index contributed by atoms with van der Waals surface area (Å²) in [7, 11) is 1.68. The van der Waals surface area contributed by atoms with Crippen molar-refractivity contribution in [1.29, 1.82) is 0 Å². The molecule has 2 N–H and O–H groups in total. The van der Waals surface area contributed by atoms with Crippen LogP contribution in [-0.2, 0) is 4.79 Å². The van der Waals surface area contributed by atoms with Gasteiger partial charge in [-0.3, -0.25) is 10.2 Å². The van der Waals surface area contributed by atoms with Crippen molar-refractivity contribution in [3.05, 3.63) is 29.8 Å². The van der Waals surface area contributed by atoms with Gasteiger partial charge in [-0.05, 0) is 30.9 Å². The molecule has 0 saturated carbocycles. The molecule has 1 aromatic carbocycles. The Morgan fingerprint density at radius 2 is 1.93 bits per heavy atom. The van der Waals surface area contributed by atoms with Crippen LogP contribution in [0.3, 0.4) is 0 Å². The summed E-state index contributed by atoms with van der Waals surface area (Å²) in [6.45, 7) is 1.89. The Labute approximate surface area is 94.6 Å². The van der Waals surface area contributed by atoms with E-state index in [0.717, 1.165) is 5.56 Å². The van der Waals surface area contributed by atoms with E-state index in [1.807, 2.05) is 37.4 Å². The third-order valence-corrected chi connectivity index (χ3v) is 3.00. The largest absolute Gasteiger partial charge is 0.291 e. The van der Waals surface area contributed by atoms with Crippen molar-refractivity contribution in [3.8, 4) is 0 Å². The first-order valence-corrected chi connectivity index (χ1v) is 6.02. The van der Waals surface area contributed by atoms with Crippen LogP contribution in [0.4, 0.5) is 0 Å². The minimum absolute atomic E-state index is 0.0191. The molecule has 1 aromatic rings. The van der Waals surface area contributed by atoms with Crippen molar-refractivity contribution >= 4 is 17.7 Å². The van der Waals surface area contributed by atoms with Crippen molar-refractivity contribution in [2.45, 2.75) is 17.7 Å². The van der Waals surface area contributed by atoms with Crippen molar-refractivity contribution in [2.24, 2.45) is 0 Å². The van der Waals surface area contributed by atoms with Crippen molar-refractivity contribution in [3.63, 3.8) is 0 Å². The lowest BCUT2D eigenvalue weighted by Crippen LogP contribution is -2.37. The minimum Gasteiger partial charge on any atom is -0.291 e. The predicted octanol–water partition coefficient (Wildman–Crippen LogP) is 1.76. The van der Waals surface area contributed by atoms with Crippen LogP contribution in [0.5, 0.6) is 0 Å². The van der Waals surface area contributed by atoms with Crippen LogP contribution in [0.2, 0.25) is 0 Å². The Morgan fingerprint density at radius 1 is 1.33 bits per heavy atom. The molecular weight excluding hydrogens is 208 g/mol. The van der Waals surface area contributed by atoms with E-state index in [0.29, 0.717) is 0 Å². The normalized spacial score (nSPS) is 12.2. The average molecular weight is 224 g/mol. The Kier molecular flexibility index (Phi) is 4.65. The summed E-state index contributed by atoms with van der Waals surface area (Å²) in [5, 5.41) is 0. The average Bonchev–Trinajstić information content (AvgIpc) is 2.28. The molecule has 0 aromatic heterocycles. The van der Waals surface area contributed by atoms with Gasteiger partial charge in [-0.15, -0.1) is 11.8 Å². The molecule has 0 fully saturated rings. The van der Waals surface area contributed by atoms with Crippen molar-refractivity contribution in [1.82, 2.24) is 10.9 Å². The monoisotopic (exact) mass is 224 g/mol. The number of nitrogens with one attached hydrogen (secondary N) is 2. The molecule has 1 unspecified atom stereocenters. The standard InChI is InChI=1S/C11H16N2OS/c1-8(11(14)13-12-2)9-4-6-10(15-3)7-5-9/h4-8,12H,1-3H3,(H,13,14). The maximum Gasteiger partial charge on any atom is 0.241 e. The van der Waals surface area contributed by atoms with Gasteiger partial charge in [-0.25, -0.2) is 5.43 Å². The van der Waals surface area contributed by atoms with Crippen molar-refractivity contribution in [2.75, 3.05) is 13.3 Å². The van der Waals surface area contributed by atoms with E-state index in [-0.39, 0.29) is 11.8 Å². The molecule has 82 valence electrons. The first-order chi connectivity index (χ1) is 7.19. The van der Waals surface area contributed by atoms with E-state index >= 15 is 0 Å². The highest BCUT2D eigenvalue weighted by molar-refractivity contribution is 7.98. The van der Waals surface area contributed by atoms with Gasteiger partial charge in [0.05, 0.1) is 5.92 Å². The molecule has 0 heterocycles. The summed E-state index contributed by atoms with van der Waals surface area (Å²) in [6, 6.07) is 8.05. The van der Waals surface area contributed by atoms with E-state index in [9.17, 15) is 4.79 Å². The number of carbonyl (C=O) groups excluding carboxylic acids is 1. The van der Waals surface area contributed by atoms with E-state index in [4.69, 9.17) is 0 Å². The molecule has 0 spiro atoms. The van der Waals surface area contributed by atoms with E-state index in [2.05, 4.69) is 10.9 Å². The molecular formula is C11H16N2OS. The lowest BCUT2D eigenvalue weighted by Gasteiger charge is -2.11. The molecule has 4 heteroatoms. The first kappa shape index (κ1) is 12.1. The second-order valence-corrected chi connectivity index (χ2v) is 4.11. The topological polar surface area (TPSA) is 41.1 Å². The number of hydrazine groups is 1. The summed E-state index contributed by atoms with van der Waals surface area (Å²) < 4.78 is 0. The van der Waals surface area contributed by atoms with Crippen molar-refractivity contribution < 1.29 is 4.79 Å². The highest BCUT2D eigenvalue weighted by Crippen LogP contribution is 2.20. The Balaban J connectivity index is 2.73. The summed E-state index contributed by atoms with van der Waals surface area (Å²) in [4.78, 5) is 12.7. The minimum atomic E-state index is -0.131. The molecule has 0 radical (unpaired) electrons. The van der Waals surface area contributed by atoms with Gasteiger partial charge >= 0.3 is 0 Å². The predicted molar refractivity (Wildman–Crippen MR) is 63.8 cm³/mol. The van der Waals surface area contributed by atoms with Crippen LogP contribution >= 0.6 is 11.8 Å². The molecule has 0 aliphatic carbocycles.